The first-order chi connectivity index (χ1) is 12.4. The summed E-state index contributed by atoms with van der Waals surface area (Å²) in [6, 6.07) is 0. The van der Waals surface area contributed by atoms with Gasteiger partial charge in [-0.3, -0.25) is 4.79 Å². The fraction of sp³-hybridized carbons (Fsp3) is 0.864. The summed E-state index contributed by atoms with van der Waals surface area (Å²) in [5.41, 5.74) is -0.429. The Balaban J connectivity index is 1.87. The molecule has 27 heavy (non-hydrogen) atoms. The van der Waals surface area contributed by atoms with E-state index in [2.05, 4.69) is 27.4 Å². The highest BCUT2D eigenvalue weighted by molar-refractivity contribution is 5.66. The Kier molecular flexibility index (Phi) is 4.17. The van der Waals surface area contributed by atoms with Crippen LogP contribution in [-0.2, 0) is 9.53 Å². The summed E-state index contributed by atoms with van der Waals surface area (Å²) in [5.74, 6) is -0.349. The summed E-state index contributed by atoms with van der Waals surface area (Å²) in [4.78, 5) is 11.9. The summed E-state index contributed by atoms with van der Waals surface area (Å²) >= 11 is 0. The molecular weight excluding hydrogens is 344 g/mol. The largest absolute Gasteiger partial charge is 0.462 e. The summed E-state index contributed by atoms with van der Waals surface area (Å²) in [7, 11) is 0. The van der Waals surface area contributed by atoms with Crippen LogP contribution >= 0.6 is 0 Å². The van der Waals surface area contributed by atoms with Crippen molar-refractivity contribution in [2.45, 2.75) is 84.2 Å². The fourth-order valence-corrected chi connectivity index (χ4v) is 8.15. The van der Waals surface area contributed by atoms with Crippen molar-refractivity contribution in [3.63, 3.8) is 0 Å². The first kappa shape index (κ1) is 19.4. The maximum Gasteiger partial charge on any atom is 0.302 e. The third-order valence-electron chi connectivity index (χ3n) is 8.88. The SMILES string of the molecule is C=C1[C@H]2C[C@H](O)[C@H]3[C@]4(C)CC[C@H](O)C(C)(C)[C@H]4[C@@H](OC(C)=O)C[C@]3(C2)[C@@H]1O. The van der Waals surface area contributed by atoms with E-state index < -0.39 is 29.1 Å². The number of carbonyl (C=O) groups excluding carboxylic acids is 1. The van der Waals surface area contributed by atoms with Crippen molar-refractivity contribution < 1.29 is 24.9 Å². The molecule has 4 fully saturated rings. The van der Waals surface area contributed by atoms with Crippen LogP contribution in [0.2, 0.25) is 0 Å². The Morgan fingerprint density at radius 1 is 1.15 bits per heavy atom. The predicted molar refractivity (Wildman–Crippen MR) is 101 cm³/mol. The Labute approximate surface area is 161 Å². The number of hydrogen-bond acceptors (Lipinski definition) is 5. The lowest BCUT2D eigenvalue weighted by Crippen LogP contribution is -2.68. The van der Waals surface area contributed by atoms with Gasteiger partial charge in [-0.2, -0.15) is 0 Å². The standard InChI is InChI=1S/C22H34O5/c1-11-13-8-14(24)17-21(5)7-6-16(25)20(3,4)18(21)15(27-12(2)23)10-22(17,9-13)19(11)26/h13-19,24-26H,1,6-10H2,2-5H3/t13-,14-,15-,16-,17-,18+,19+,21-,22-/m0/s1. The van der Waals surface area contributed by atoms with E-state index in [1.54, 1.807) is 0 Å². The molecule has 4 rings (SSSR count). The van der Waals surface area contributed by atoms with E-state index in [9.17, 15) is 20.1 Å². The van der Waals surface area contributed by atoms with Crippen molar-refractivity contribution in [2.75, 3.05) is 0 Å². The van der Waals surface area contributed by atoms with Crippen LogP contribution in [0.25, 0.3) is 0 Å². The van der Waals surface area contributed by atoms with Gasteiger partial charge in [0.05, 0.1) is 18.3 Å². The molecule has 0 aromatic rings. The zero-order chi connectivity index (χ0) is 19.9. The monoisotopic (exact) mass is 378 g/mol. The number of aliphatic hydroxyl groups excluding tert-OH is 3. The predicted octanol–water partition coefficient (Wildman–Crippen LogP) is 2.43. The van der Waals surface area contributed by atoms with Gasteiger partial charge in [-0.05, 0) is 60.3 Å². The molecule has 0 amide bonds. The van der Waals surface area contributed by atoms with Gasteiger partial charge in [-0.25, -0.2) is 0 Å². The van der Waals surface area contributed by atoms with Crippen LogP contribution in [0.1, 0.15) is 59.8 Å². The lowest BCUT2D eigenvalue weighted by Gasteiger charge is -2.67. The molecule has 0 heterocycles. The zero-order valence-electron chi connectivity index (χ0n) is 16.9. The average molecular weight is 379 g/mol. The highest BCUT2D eigenvalue weighted by Crippen LogP contribution is 2.72. The summed E-state index contributed by atoms with van der Waals surface area (Å²) in [5, 5.41) is 33.2. The number of aliphatic hydroxyl groups is 3. The minimum absolute atomic E-state index is 0.0689. The second-order valence-electron chi connectivity index (χ2n) is 10.6. The lowest BCUT2D eigenvalue weighted by atomic mass is 9.39. The fourth-order valence-electron chi connectivity index (χ4n) is 8.15. The molecule has 0 unspecified atom stereocenters. The van der Waals surface area contributed by atoms with E-state index in [1.165, 1.54) is 6.92 Å². The first-order valence-electron chi connectivity index (χ1n) is 10.4. The van der Waals surface area contributed by atoms with Gasteiger partial charge in [-0.1, -0.05) is 27.4 Å². The van der Waals surface area contributed by atoms with E-state index in [-0.39, 0.29) is 35.2 Å². The maximum absolute atomic E-state index is 11.9. The van der Waals surface area contributed by atoms with Crippen molar-refractivity contribution in [1.29, 1.82) is 0 Å². The average Bonchev–Trinajstić information content (AvgIpc) is 2.71. The van der Waals surface area contributed by atoms with Gasteiger partial charge in [0.1, 0.15) is 6.10 Å². The Morgan fingerprint density at radius 3 is 2.44 bits per heavy atom. The van der Waals surface area contributed by atoms with Crippen LogP contribution < -0.4 is 0 Å². The molecule has 0 radical (unpaired) electrons. The second kappa shape index (κ2) is 5.80. The van der Waals surface area contributed by atoms with Gasteiger partial charge in [-0.15, -0.1) is 0 Å². The van der Waals surface area contributed by atoms with Gasteiger partial charge in [0.2, 0.25) is 0 Å². The molecule has 1 spiro atoms. The van der Waals surface area contributed by atoms with Crippen molar-refractivity contribution >= 4 is 5.97 Å². The normalized spacial score (nSPS) is 53.4. The van der Waals surface area contributed by atoms with E-state index in [0.717, 1.165) is 18.4 Å². The molecule has 2 bridgehead atoms. The lowest BCUT2D eigenvalue weighted by molar-refractivity contribution is -0.261. The molecule has 5 nitrogen and oxygen atoms in total. The van der Waals surface area contributed by atoms with Crippen LogP contribution in [-0.4, -0.2) is 45.7 Å². The minimum atomic E-state index is -0.671. The molecule has 0 aromatic carbocycles. The topological polar surface area (TPSA) is 87.0 Å². The van der Waals surface area contributed by atoms with Crippen LogP contribution in [0.15, 0.2) is 12.2 Å². The van der Waals surface area contributed by atoms with Crippen LogP contribution in [0.4, 0.5) is 0 Å². The highest BCUT2D eigenvalue weighted by Gasteiger charge is 2.72. The van der Waals surface area contributed by atoms with E-state index in [4.69, 9.17) is 4.74 Å². The van der Waals surface area contributed by atoms with Crippen LogP contribution in [0.5, 0.6) is 0 Å². The molecule has 0 aliphatic heterocycles. The van der Waals surface area contributed by atoms with Crippen molar-refractivity contribution in [3.05, 3.63) is 12.2 Å². The Bertz CT molecular complexity index is 672. The molecule has 0 saturated heterocycles. The number of rotatable bonds is 1. The molecule has 5 heteroatoms. The smallest absolute Gasteiger partial charge is 0.302 e. The quantitative estimate of drug-likeness (QED) is 0.482. The van der Waals surface area contributed by atoms with E-state index >= 15 is 0 Å². The molecule has 9 atom stereocenters. The van der Waals surface area contributed by atoms with Gasteiger partial charge in [0, 0.05) is 18.3 Å². The highest BCUT2D eigenvalue weighted by atomic mass is 16.5. The van der Waals surface area contributed by atoms with Crippen molar-refractivity contribution in [2.24, 2.45) is 34.0 Å². The number of esters is 1. The molecule has 4 aliphatic rings. The van der Waals surface area contributed by atoms with Crippen molar-refractivity contribution in [3.8, 4) is 0 Å². The summed E-state index contributed by atoms with van der Waals surface area (Å²) in [6.45, 7) is 11.9. The number of carbonyl (C=O) groups is 1. The van der Waals surface area contributed by atoms with Gasteiger partial charge >= 0.3 is 5.97 Å². The number of ether oxygens (including phenoxy) is 1. The third kappa shape index (κ3) is 2.37. The first-order valence-corrected chi connectivity index (χ1v) is 10.4. The molecule has 3 N–H and O–H groups in total. The van der Waals surface area contributed by atoms with Gasteiger partial charge < -0.3 is 20.1 Å². The number of hydrogen-bond donors (Lipinski definition) is 3. The molecule has 4 saturated carbocycles. The maximum atomic E-state index is 11.9. The Hall–Kier alpha value is -0.910. The zero-order valence-corrected chi connectivity index (χ0v) is 16.9. The van der Waals surface area contributed by atoms with Crippen LogP contribution in [0, 0.1) is 34.0 Å². The minimum Gasteiger partial charge on any atom is -0.462 e. The summed E-state index contributed by atoms with van der Waals surface area (Å²) < 4.78 is 5.85. The molecular formula is C22H34O5. The van der Waals surface area contributed by atoms with Gasteiger partial charge in [0.25, 0.3) is 0 Å². The third-order valence-corrected chi connectivity index (χ3v) is 8.88. The van der Waals surface area contributed by atoms with Crippen molar-refractivity contribution in [1.82, 2.24) is 0 Å². The summed E-state index contributed by atoms with van der Waals surface area (Å²) in [6.07, 6.45) is 1.37. The van der Waals surface area contributed by atoms with E-state index in [1.807, 2.05) is 0 Å². The number of fused-ring (bicyclic) bond motifs is 3. The second-order valence-corrected chi connectivity index (χ2v) is 10.6. The van der Waals surface area contributed by atoms with Crippen LogP contribution in [0.3, 0.4) is 0 Å². The van der Waals surface area contributed by atoms with Gasteiger partial charge in [0.15, 0.2) is 0 Å². The Morgan fingerprint density at radius 2 is 1.81 bits per heavy atom. The van der Waals surface area contributed by atoms with E-state index in [0.29, 0.717) is 19.3 Å². The molecule has 0 aromatic heterocycles. The molecule has 4 aliphatic carbocycles. The molecule has 152 valence electrons.